The molecule has 0 bridgehead atoms. The van der Waals surface area contributed by atoms with Crippen LogP contribution < -0.4 is 0 Å². The summed E-state index contributed by atoms with van der Waals surface area (Å²) in [5, 5.41) is 0.732. The smallest absolute Gasteiger partial charge is 0.163 e. The first-order valence-corrected chi connectivity index (χ1v) is 6.20. The summed E-state index contributed by atoms with van der Waals surface area (Å²) in [7, 11) is 0. The normalized spacial score (nSPS) is 10.1. The van der Waals surface area contributed by atoms with Gasteiger partial charge in [-0.3, -0.25) is 4.79 Å². The van der Waals surface area contributed by atoms with Crippen LogP contribution in [0.15, 0.2) is 18.2 Å². The van der Waals surface area contributed by atoms with Gasteiger partial charge in [-0.05, 0) is 53.3 Å². The second-order valence-electron chi connectivity index (χ2n) is 2.88. The number of ketones is 1. The highest BCUT2D eigenvalue weighted by Gasteiger charge is 2.05. The van der Waals surface area contributed by atoms with Gasteiger partial charge in [0.25, 0.3) is 0 Å². The minimum atomic E-state index is 0.207. The van der Waals surface area contributed by atoms with Crippen molar-refractivity contribution in [3.8, 4) is 0 Å². The molecule has 0 N–H and O–H groups in total. The van der Waals surface area contributed by atoms with Crippen LogP contribution in [0, 0.1) is 10.5 Å². The molecule has 0 aliphatic carbocycles. The molecule has 0 aromatic heterocycles. The van der Waals surface area contributed by atoms with Crippen molar-refractivity contribution in [3.05, 3.63) is 32.9 Å². The maximum Gasteiger partial charge on any atom is 0.163 e. The van der Waals surface area contributed by atoms with Gasteiger partial charge in [-0.25, -0.2) is 0 Å². The van der Waals surface area contributed by atoms with Crippen molar-refractivity contribution in [2.45, 2.75) is 13.3 Å². The topological polar surface area (TPSA) is 17.1 Å². The Balaban J connectivity index is 2.94. The van der Waals surface area contributed by atoms with Gasteiger partial charge in [0.15, 0.2) is 5.78 Å². The fraction of sp³-hybridized carbons (Fsp3) is 0.300. The molecule has 0 atom stereocenters. The van der Waals surface area contributed by atoms with Crippen molar-refractivity contribution in [2.24, 2.45) is 0 Å². The summed E-state index contributed by atoms with van der Waals surface area (Å²) in [6.45, 7) is 2.01. The molecule has 1 aromatic carbocycles. The van der Waals surface area contributed by atoms with Crippen molar-refractivity contribution < 1.29 is 4.79 Å². The predicted octanol–water partition coefficient (Wildman–Crippen LogP) is 3.57. The second-order valence-corrected chi connectivity index (χ2v) is 4.92. The van der Waals surface area contributed by atoms with E-state index in [9.17, 15) is 4.79 Å². The molecule has 0 radical (unpaired) electrons. The van der Waals surface area contributed by atoms with Crippen LogP contribution in [0.3, 0.4) is 0 Å². The zero-order chi connectivity index (χ0) is 9.84. The van der Waals surface area contributed by atoms with Gasteiger partial charge in [-0.15, -0.1) is 0 Å². The Bertz CT molecular complexity index is 302. The van der Waals surface area contributed by atoms with Crippen LogP contribution in [0.1, 0.15) is 22.3 Å². The van der Waals surface area contributed by atoms with E-state index < -0.39 is 0 Å². The monoisotopic (exact) mass is 352 g/mol. The van der Waals surface area contributed by atoms with Gasteiger partial charge >= 0.3 is 0 Å². The number of carbonyl (C=O) groups excluding carboxylic acids is 1. The highest BCUT2D eigenvalue weighted by atomic mass is 127. The van der Waals surface area contributed by atoms with Crippen molar-refractivity contribution in [1.29, 1.82) is 0 Å². The maximum atomic E-state index is 11.5. The van der Waals surface area contributed by atoms with Gasteiger partial charge in [0, 0.05) is 20.9 Å². The molecule has 0 unspecified atom stereocenters. The third-order valence-electron chi connectivity index (χ3n) is 1.69. The predicted molar refractivity (Wildman–Crippen MR) is 66.6 cm³/mol. The Morgan fingerprint density at radius 2 is 2.15 bits per heavy atom. The van der Waals surface area contributed by atoms with E-state index >= 15 is 0 Å². The van der Waals surface area contributed by atoms with Crippen LogP contribution in [0.25, 0.3) is 0 Å². The van der Waals surface area contributed by atoms with Crippen molar-refractivity contribution in [2.75, 3.05) is 5.33 Å². The number of alkyl halides is 1. The fourth-order valence-corrected chi connectivity index (χ4v) is 2.31. The summed E-state index contributed by atoms with van der Waals surface area (Å²) in [4.78, 5) is 11.5. The lowest BCUT2D eigenvalue weighted by Crippen LogP contribution is -2.00. The van der Waals surface area contributed by atoms with E-state index in [0.717, 1.165) is 20.0 Å². The van der Waals surface area contributed by atoms with Gasteiger partial charge in [-0.2, -0.15) is 0 Å². The molecule has 0 saturated carbocycles. The summed E-state index contributed by atoms with van der Waals surface area (Å²) >= 11 is 5.49. The van der Waals surface area contributed by atoms with Crippen LogP contribution in [0.5, 0.6) is 0 Å². The highest BCUT2D eigenvalue weighted by Crippen LogP contribution is 2.13. The molecule has 13 heavy (non-hydrogen) atoms. The average molecular weight is 353 g/mol. The number of rotatable bonds is 3. The molecule has 0 aliphatic heterocycles. The molecule has 1 nitrogen and oxygen atoms in total. The summed E-state index contributed by atoms with van der Waals surface area (Å²) in [6, 6.07) is 5.93. The summed E-state index contributed by atoms with van der Waals surface area (Å²) in [5.74, 6) is 0.207. The lowest BCUT2D eigenvalue weighted by molar-refractivity contribution is 0.0989. The minimum Gasteiger partial charge on any atom is -0.294 e. The fourth-order valence-electron chi connectivity index (χ4n) is 1.13. The second kappa shape index (κ2) is 5.10. The van der Waals surface area contributed by atoms with E-state index in [-0.39, 0.29) is 5.78 Å². The average Bonchev–Trinajstić information content (AvgIpc) is 2.03. The number of halogens is 2. The lowest BCUT2D eigenvalue weighted by Gasteiger charge is -2.01. The molecule has 0 amide bonds. The molecule has 0 fully saturated rings. The minimum absolute atomic E-state index is 0.207. The Morgan fingerprint density at radius 1 is 1.46 bits per heavy atom. The SMILES string of the molecule is Cc1cc(I)cc(C(=O)CCBr)c1. The first kappa shape index (κ1) is 11.2. The number of aryl methyl sites for hydroxylation is 1. The van der Waals surface area contributed by atoms with E-state index in [1.807, 2.05) is 19.1 Å². The number of Topliss-reactive ketones (excluding diaryl/α,β-unsaturated/α-hetero) is 1. The van der Waals surface area contributed by atoms with E-state index in [1.165, 1.54) is 0 Å². The van der Waals surface area contributed by atoms with Crippen LogP contribution in [0.4, 0.5) is 0 Å². The standard InChI is InChI=1S/C10H10BrIO/c1-7-4-8(6-9(12)5-7)10(13)2-3-11/h4-6H,2-3H2,1H3. The Morgan fingerprint density at radius 3 is 2.69 bits per heavy atom. The van der Waals surface area contributed by atoms with Crippen LogP contribution in [-0.4, -0.2) is 11.1 Å². The molecule has 0 spiro atoms. The quantitative estimate of drug-likeness (QED) is 0.461. The van der Waals surface area contributed by atoms with Gasteiger partial charge in [0.2, 0.25) is 0 Å². The van der Waals surface area contributed by atoms with Crippen molar-refractivity contribution in [1.82, 2.24) is 0 Å². The summed E-state index contributed by atoms with van der Waals surface area (Å²) in [6.07, 6.45) is 0.569. The first-order valence-electron chi connectivity index (χ1n) is 4.00. The number of hydrogen-bond acceptors (Lipinski definition) is 1. The third kappa shape index (κ3) is 3.38. The zero-order valence-electron chi connectivity index (χ0n) is 7.31. The number of carbonyl (C=O) groups is 1. The van der Waals surface area contributed by atoms with Crippen LogP contribution in [-0.2, 0) is 0 Å². The van der Waals surface area contributed by atoms with Gasteiger partial charge in [0.05, 0.1) is 0 Å². The van der Waals surface area contributed by atoms with Crippen LogP contribution >= 0.6 is 38.5 Å². The van der Waals surface area contributed by atoms with E-state index in [2.05, 4.69) is 44.6 Å². The largest absolute Gasteiger partial charge is 0.294 e. The maximum absolute atomic E-state index is 11.5. The molecule has 0 heterocycles. The first-order chi connectivity index (χ1) is 6.13. The van der Waals surface area contributed by atoms with E-state index in [0.29, 0.717) is 6.42 Å². The third-order valence-corrected chi connectivity index (χ3v) is 2.70. The van der Waals surface area contributed by atoms with E-state index in [4.69, 9.17) is 0 Å². The number of hydrogen-bond donors (Lipinski definition) is 0. The molecule has 0 saturated heterocycles. The van der Waals surface area contributed by atoms with E-state index in [1.54, 1.807) is 0 Å². The summed E-state index contributed by atoms with van der Waals surface area (Å²) < 4.78 is 1.12. The highest BCUT2D eigenvalue weighted by molar-refractivity contribution is 14.1. The van der Waals surface area contributed by atoms with Crippen molar-refractivity contribution in [3.63, 3.8) is 0 Å². The Hall–Kier alpha value is 0.1000. The van der Waals surface area contributed by atoms with Crippen molar-refractivity contribution >= 4 is 44.3 Å². The molecular formula is C10H10BrIO. The molecule has 0 aliphatic rings. The molecule has 1 aromatic rings. The Labute approximate surface area is 100 Å². The molecule has 70 valence electrons. The number of benzene rings is 1. The molecular weight excluding hydrogens is 343 g/mol. The molecule has 1 rings (SSSR count). The van der Waals surface area contributed by atoms with Crippen LogP contribution in [0.2, 0.25) is 0 Å². The lowest BCUT2D eigenvalue weighted by atomic mass is 10.1. The molecule has 3 heteroatoms. The summed E-state index contributed by atoms with van der Waals surface area (Å²) in [5.41, 5.74) is 1.97. The Kier molecular flexibility index (Phi) is 4.38. The van der Waals surface area contributed by atoms with Gasteiger partial charge < -0.3 is 0 Å². The van der Waals surface area contributed by atoms with Gasteiger partial charge in [0.1, 0.15) is 0 Å². The zero-order valence-corrected chi connectivity index (χ0v) is 11.1. The van der Waals surface area contributed by atoms with Gasteiger partial charge in [-0.1, -0.05) is 15.9 Å².